The highest BCUT2D eigenvalue weighted by Gasteiger charge is 2.21. The van der Waals surface area contributed by atoms with Gasteiger partial charge in [0.25, 0.3) is 5.56 Å². The molecule has 156 valence electrons. The van der Waals surface area contributed by atoms with Gasteiger partial charge in [-0.1, -0.05) is 30.3 Å². The molecule has 5 rings (SSSR count). The van der Waals surface area contributed by atoms with Crippen molar-refractivity contribution in [3.05, 3.63) is 91.9 Å². The lowest BCUT2D eigenvalue weighted by atomic mass is 10.2. The first-order valence-corrected chi connectivity index (χ1v) is 11.1. The lowest BCUT2D eigenvalue weighted by Crippen LogP contribution is -2.39. The van der Waals surface area contributed by atoms with E-state index in [0.717, 1.165) is 29.8 Å². The zero-order chi connectivity index (χ0) is 21.5. The lowest BCUT2D eigenvalue weighted by Gasteiger charge is -2.17. The van der Waals surface area contributed by atoms with Crippen LogP contribution in [0.1, 0.15) is 24.0 Å². The summed E-state index contributed by atoms with van der Waals surface area (Å²) in [6.45, 7) is 2.98. The van der Waals surface area contributed by atoms with E-state index in [1.165, 1.54) is 15.9 Å². The second-order valence-electron chi connectivity index (χ2n) is 7.75. The van der Waals surface area contributed by atoms with E-state index in [2.05, 4.69) is 0 Å². The van der Waals surface area contributed by atoms with Gasteiger partial charge in [0, 0.05) is 18.7 Å². The molecule has 0 spiro atoms. The maximum Gasteiger partial charge on any atom is 0.336 e. The molecule has 1 aliphatic heterocycles. The number of rotatable bonds is 4. The fourth-order valence-corrected chi connectivity index (χ4v) is 4.98. The van der Waals surface area contributed by atoms with E-state index in [9.17, 15) is 14.4 Å². The van der Waals surface area contributed by atoms with Gasteiger partial charge in [-0.25, -0.2) is 9.36 Å². The van der Waals surface area contributed by atoms with Gasteiger partial charge in [0.1, 0.15) is 4.70 Å². The van der Waals surface area contributed by atoms with Crippen LogP contribution >= 0.6 is 11.3 Å². The number of carbonyl (C=O) groups excluding carboxylic acids is 1. The number of anilines is 1. The molecule has 1 fully saturated rings. The molecule has 0 saturated carbocycles. The quantitative estimate of drug-likeness (QED) is 0.495. The molecule has 3 heterocycles. The topological polar surface area (TPSA) is 64.3 Å². The number of para-hydroxylation sites is 1. The number of carbonyl (C=O) groups is 1. The third-order valence-corrected chi connectivity index (χ3v) is 6.66. The van der Waals surface area contributed by atoms with E-state index in [-0.39, 0.29) is 17.2 Å². The van der Waals surface area contributed by atoms with E-state index in [4.69, 9.17) is 0 Å². The second-order valence-corrected chi connectivity index (χ2v) is 8.66. The van der Waals surface area contributed by atoms with Gasteiger partial charge >= 0.3 is 5.69 Å². The fourth-order valence-electron chi connectivity index (χ4n) is 4.15. The standard InChI is InChI=1S/C24H21N3O3S/c1-16-5-2-3-6-19(16)27-23(29)22-20(12-14-31-22)26(24(27)30)15-17-8-10-18(11-9-17)25-13-4-7-21(25)28/h2-3,5-6,8-12,14H,4,7,13,15H2,1H3. The van der Waals surface area contributed by atoms with Crippen LogP contribution in [0.5, 0.6) is 0 Å². The van der Waals surface area contributed by atoms with Gasteiger partial charge in [-0.05, 0) is 54.1 Å². The average molecular weight is 432 g/mol. The summed E-state index contributed by atoms with van der Waals surface area (Å²) < 4.78 is 3.48. The molecule has 2 aromatic heterocycles. The van der Waals surface area contributed by atoms with E-state index in [1.54, 1.807) is 15.5 Å². The molecule has 4 aromatic rings. The first-order chi connectivity index (χ1) is 15.0. The normalized spacial score (nSPS) is 14.0. The molecule has 0 bridgehead atoms. The Morgan fingerprint density at radius 2 is 1.74 bits per heavy atom. The van der Waals surface area contributed by atoms with Crippen LogP contribution in [0, 0.1) is 6.92 Å². The molecule has 1 saturated heterocycles. The maximum absolute atomic E-state index is 13.5. The second kappa shape index (κ2) is 7.67. The Morgan fingerprint density at radius 1 is 0.968 bits per heavy atom. The molecule has 2 aromatic carbocycles. The Bertz CT molecular complexity index is 1410. The zero-order valence-electron chi connectivity index (χ0n) is 17.1. The molecule has 7 heteroatoms. The van der Waals surface area contributed by atoms with Crippen molar-refractivity contribution in [2.75, 3.05) is 11.4 Å². The highest BCUT2D eigenvalue weighted by atomic mass is 32.1. The van der Waals surface area contributed by atoms with Crippen molar-refractivity contribution >= 4 is 33.1 Å². The number of nitrogens with zero attached hydrogens (tertiary/aromatic N) is 3. The largest absolute Gasteiger partial charge is 0.336 e. The molecule has 0 unspecified atom stereocenters. The molecule has 1 amide bonds. The van der Waals surface area contributed by atoms with E-state index < -0.39 is 0 Å². The van der Waals surface area contributed by atoms with Crippen LogP contribution in [0.4, 0.5) is 5.69 Å². The number of amides is 1. The van der Waals surface area contributed by atoms with Gasteiger partial charge in [-0.3, -0.25) is 14.2 Å². The molecule has 0 atom stereocenters. The molecule has 6 nitrogen and oxygen atoms in total. The summed E-state index contributed by atoms with van der Waals surface area (Å²) in [4.78, 5) is 40.4. The Kier molecular flexibility index (Phi) is 4.82. The summed E-state index contributed by atoms with van der Waals surface area (Å²) in [6, 6.07) is 16.9. The highest BCUT2D eigenvalue weighted by molar-refractivity contribution is 7.17. The van der Waals surface area contributed by atoms with Crippen molar-refractivity contribution in [2.24, 2.45) is 0 Å². The van der Waals surface area contributed by atoms with E-state index in [1.807, 2.05) is 60.8 Å². The van der Waals surface area contributed by atoms with Crippen LogP contribution in [-0.4, -0.2) is 21.6 Å². The Balaban J connectivity index is 1.60. The minimum absolute atomic E-state index is 0.147. The van der Waals surface area contributed by atoms with Gasteiger partial charge in [0.05, 0.1) is 17.7 Å². The predicted molar refractivity (Wildman–Crippen MR) is 124 cm³/mol. The van der Waals surface area contributed by atoms with Crippen molar-refractivity contribution in [3.8, 4) is 5.69 Å². The zero-order valence-corrected chi connectivity index (χ0v) is 17.9. The van der Waals surface area contributed by atoms with Crippen molar-refractivity contribution < 1.29 is 4.79 Å². The first-order valence-electron chi connectivity index (χ1n) is 10.2. The molecule has 0 N–H and O–H groups in total. The van der Waals surface area contributed by atoms with Crippen LogP contribution in [0.2, 0.25) is 0 Å². The van der Waals surface area contributed by atoms with Crippen LogP contribution in [0.3, 0.4) is 0 Å². The van der Waals surface area contributed by atoms with Gasteiger partial charge < -0.3 is 4.90 Å². The minimum Gasteiger partial charge on any atom is -0.312 e. The van der Waals surface area contributed by atoms with Crippen molar-refractivity contribution in [2.45, 2.75) is 26.3 Å². The molecule has 31 heavy (non-hydrogen) atoms. The first kappa shape index (κ1) is 19.5. The van der Waals surface area contributed by atoms with E-state index in [0.29, 0.717) is 28.9 Å². The average Bonchev–Trinajstić information content (AvgIpc) is 3.42. The molecular weight excluding hydrogens is 410 g/mol. The number of aromatic nitrogens is 2. The van der Waals surface area contributed by atoms with Gasteiger partial charge in [0.15, 0.2) is 0 Å². The third kappa shape index (κ3) is 3.31. The maximum atomic E-state index is 13.5. The fraction of sp³-hybridized carbons (Fsp3) is 0.208. The highest BCUT2D eigenvalue weighted by Crippen LogP contribution is 2.23. The van der Waals surface area contributed by atoms with Gasteiger partial charge in [-0.15, -0.1) is 11.3 Å². The summed E-state index contributed by atoms with van der Waals surface area (Å²) in [5.74, 6) is 0.147. The summed E-state index contributed by atoms with van der Waals surface area (Å²) in [6.07, 6.45) is 1.47. The Labute approximate surface area is 182 Å². The number of aryl methyl sites for hydroxylation is 1. The van der Waals surface area contributed by atoms with Crippen LogP contribution < -0.4 is 16.1 Å². The number of hydrogen-bond acceptors (Lipinski definition) is 4. The summed E-state index contributed by atoms with van der Waals surface area (Å²) in [5, 5.41) is 1.84. The van der Waals surface area contributed by atoms with Crippen LogP contribution in [-0.2, 0) is 11.3 Å². The van der Waals surface area contributed by atoms with Gasteiger partial charge in [-0.2, -0.15) is 0 Å². The minimum atomic E-state index is -0.357. The van der Waals surface area contributed by atoms with Crippen molar-refractivity contribution in [1.82, 2.24) is 9.13 Å². The van der Waals surface area contributed by atoms with Crippen LogP contribution in [0.15, 0.2) is 69.6 Å². The molecule has 1 aliphatic rings. The number of thiophene rings is 1. The summed E-state index contributed by atoms with van der Waals surface area (Å²) in [7, 11) is 0. The van der Waals surface area contributed by atoms with Gasteiger partial charge in [0.2, 0.25) is 5.91 Å². The molecule has 0 radical (unpaired) electrons. The summed E-state index contributed by atoms with van der Waals surface area (Å²) in [5.41, 5.74) is 3.27. The Hall–Kier alpha value is -3.45. The lowest BCUT2D eigenvalue weighted by molar-refractivity contribution is -0.117. The monoisotopic (exact) mass is 431 g/mol. The number of hydrogen-bond donors (Lipinski definition) is 0. The molecular formula is C24H21N3O3S. The van der Waals surface area contributed by atoms with Crippen molar-refractivity contribution in [3.63, 3.8) is 0 Å². The smallest absolute Gasteiger partial charge is 0.312 e. The third-order valence-electron chi connectivity index (χ3n) is 5.77. The van der Waals surface area contributed by atoms with Crippen LogP contribution in [0.25, 0.3) is 15.9 Å². The van der Waals surface area contributed by atoms with E-state index >= 15 is 0 Å². The summed E-state index contributed by atoms with van der Waals surface area (Å²) >= 11 is 1.34. The SMILES string of the molecule is Cc1ccccc1-n1c(=O)c2sccc2n(Cc2ccc(N3CCCC3=O)cc2)c1=O. The van der Waals surface area contributed by atoms with Crippen molar-refractivity contribution in [1.29, 1.82) is 0 Å². The number of benzene rings is 2. The Morgan fingerprint density at radius 3 is 2.45 bits per heavy atom. The number of fused-ring (bicyclic) bond motifs is 1. The molecule has 0 aliphatic carbocycles. The predicted octanol–water partition coefficient (Wildman–Crippen LogP) is 3.70.